The van der Waals surface area contributed by atoms with E-state index in [4.69, 9.17) is 4.99 Å². The number of aryl methyl sites for hydroxylation is 2. The molecule has 0 spiro atoms. The van der Waals surface area contributed by atoms with Crippen LogP contribution < -0.4 is 0 Å². The Morgan fingerprint density at radius 1 is 1.27 bits per heavy atom. The smallest absolute Gasteiger partial charge is 0.168 e. The first kappa shape index (κ1) is 18.4. The minimum atomic E-state index is 0.0415. The summed E-state index contributed by atoms with van der Waals surface area (Å²) in [6.45, 7) is 6.90. The number of aliphatic imine (C=N–C) groups is 1. The van der Waals surface area contributed by atoms with Crippen molar-refractivity contribution in [3.05, 3.63) is 46.4 Å². The summed E-state index contributed by atoms with van der Waals surface area (Å²) in [4.78, 5) is 20.5. The van der Waals surface area contributed by atoms with Crippen LogP contribution >= 0.6 is 0 Å². The molecule has 138 valence electrons. The second kappa shape index (κ2) is 7.90. The molecule has 0 amide bonds. The van der Waals surface area contributed by atoms with Crippen LogP contribution in [0, 0.1) is 13.8 Å². The summed E-state index contributed by atoms with van der Waals surface area (Å²) in [6, 6.07) is 6.45. The predicted octanol–water partition coefficient (Wildman–Crippen LogP) is 5.13. The molecule has 1 aromatic carbocycles. The van der Waals surface area contributed by atoms with Crippen LogP contribution in [0.5, 0.6) is 0 Å². The molecule has 2 N–H and O–H groups in total. The van der Waals surface area contributed by atoms with Crippen LogP contribution in [0.1, 0.15) is 55.8 Å². The third-order valence-corrected chi connectivity index (χ3v) is 5.10. The second-order valence-electron chi connectivity index (χ2n) is 7.20. The number of hydrogen-bond acceptors (Lipinski definition) is 3. The normalized spacial score (nSPS) is 16.0. The van der Waals surface area contributed by atoms with E-state index >= 15 is 0 Å². The number of aromatic nitrogens is 1. The number of carbonyl (C=O) groups is 1. The van der Waals surface area contributed by atoms with Gasteiger partial charge in [0.25, 0.3) is 0 Å². The topological polar surface area (TPSA) is 65.4 Å². The summed E-state index contributed by atoms with van der Waals surface area (Å²) in [7, 11) is 0. The highest BCUT2D eigenvalue weighted by molar-refractivity contribution is 6.23. The van der Waals surface area contributed by atoms with E-state index in [1.807, 2.05) is 0 Å². The van der Waals surface area contributed by atoms with E-state index in [0.717, 1.165) is 36.9 Å². The molecule has 26 heavy (non-hydrogen) atoms. The first-order valence-electron chi connectivity index (χ1n) is 9.58. The molecule has 0 fully saturated rings. The molecule has 4 heteroatoms. The quantitative estimate of drug-likeness (QED) is 0.708. The van der Waals surface area contributed by atoms with Crippen molar-refractivity contribution < 1.29 is 9.90 Å². The molecule has 1 aliphatic rings. The lowest BCUT2D eigenvalue weighted by atomic mass is 9.91. The van der Waals surface area contributed by atoms with Gasteiger partial charge in [-0.2, -0.15) is 0 Å². The zero-order chi connectivity index (χ0) is 18.7. The van der Waals surface area contributed by atoms with E-state index in [9.17, 15) is 9.90 Å². The van der Waals surface area contributed by atoms with E-state index in [0.29, 0.717) is 25.0 Å². The van der Waals surface area contributed by atoms with Gasteiger partial charge in [0.15, 0.2) is 5.78 Å². The van der Waals surface area contributed by atoms with Crippen LogP contribution in [0.4, 0.5) is 0 Å². The predicted molar refractivity (Wildman–Crippen MR) is 107 cm³/mol. The maximum absolute atomic E-state index is 12.3. The van der Waals surface area contributed by atoms with Gasteiger partial charge in [-0.15, -0.1) is 0 Å². The van der Waals surface area contributed by atoms with Crippen LogP contribution in [-0.4, -0.2) is 28.1 Å². The van der Waals surface area contributed by atoms with Gasteiger partial charge in [-0.25, -0.2) is 0 Å². The molecule has 1 aromatic heterocycles. The van der Waals surface area contributed by atoms with Crippen LogP contribution in [0.25, 0.3) is 10.9 Å². The Hall–Kier alpha value is -2.36. The summed E-state index contributed by atoms with van der Waals surface area (Å²) < 4.78 is 0. The van der Waals surface area contributed by atoms with Gasteiger partial charge in [-0.3, -0.25) is 9.79 Å². The molecule has 0 atom stereocenters. The highest BCUT2D eigenvalue weighted by Crippen LogP contribution is 2.25. The Kier molecular flexibility index (Phi) is 5.60. The summed E-state index contributed by atoms with van der Waals surface area (Å²) in [6.07, 6.45) is 4.31. The molecule has 1 heterocycles. The SMILES string of the molecule is CCCC(=NCCc1c(C)[nH]c2ccc(C)cc12)C1=C(O)CCCC1=O. The lowest BCUT2D eigenvalue weighted by Crippen LogP contribution is -2.20. The van der Waals surface area contributed by atoms with Crippen molar-refractivity contribution in [2.45, 2.75) is 59.3 Å². The molecule has 4 nitrogen and oxygen atoms in total. The summed E-state index contributed by atoms with van der Waals surface area (Å²) in [5.74, 6) is 0.271. The molecular weight excluding hydrogens is 324 g/mol. The number of hydrogen-bond donors (Lipinski definition) is 2. The molecule has 0 aliphatic heterocycles. The minimum absolute atomic E-state index is 0.0415. The van der Waals surface area contributed by atoms with E-state index < -0.39 is 0 Å². The number of H-pyrrole nitrogens is 1. The Balaban J connectivity index is 1.85. The summed E-state index contributed by atoms with van der Waals surface area (Å²) >= 11 is 0. The number of benzene rings is 1. The third kappa shape index (κ3) is 3.74. The van der Waals surface area contributed by atoms with Gasteiger partial charge in [0.2, 0.25) is 0 Å². The van der Waals surface area contributed by atoms with Gasteiger partial charge in [-0.1, -0.05) is 25.0 Å². The number of rotatable bonds is 6. The van der Waals surface area contributed by atoms with Crippen molar-refractivity contribution in [2.75, 3.05) is 6.54 Å². The fourth-order valence-corrected chi connectivity index (χ4v) is 3.80. The minimum Gasteiger partial charge on any atom is -0.511 e. The van der Waals surface area contributed by atoms with Crippen molar-refractivity contribution in [3.63, 3.8) is 0 Å². The van der Waals surface area contributed by atoms with E-state index in [1.165, 1.54) is 22.2 Å². The zero-order valence-corrected chi connectivity index (χ0v) is 16.0. The fraction of sp³-hybridized carbons (Fsp3) is 0.455. The molecular formula is C22H28N2O2. The van der Waals surface area contributed by atoms with Gasteiger partial charge in [0.1, 0.15) is 5.76 Å². The lowest BCUT2D eigenvalue weighted by Gasteiger charge is -2.17. The Bertz CT molecular complexity index is 887. The largest absolute Gasteiger partial charge is 0.511 e. The summed E-state index contributed by atoms with van der Waals surface area (Å²) in [5, 5.41) is 11.5. The van der Waals surface area contributed by atoms with Gasteiger partial charge in [0, 0.05) is 41.7 Å². The Labute approximate surface area is 155 Å². The number of aliphatic hydroxyl groups excluding tert-OH is 1. The van der Waals surface area contributed by atoms with Crippen molar-refractivity contribution in [1.29, 1.82) is 0 Å². The number of allylic oxidation sites excluding steroid dienone is 2. The zero-order valence-electron chi connectivity index (χ0n) is 16.0. The molecule has 0 saturated heterocycles. The Morgan fingerprint density at radius 3 is 2.81 bits per heavy atom. The molecule has 3 rings (SSSR count). The van der Waals surface area contributed by atoms with Crippen molar-refractivity contribution >= 4 is 22.4 Å². The molecule has 2 aromatic rings. The first-order chi connectivity index (χ1) is 12.5. The number of nitrogens with zero attached hydrogens (tertiary/aromatic N) is 1. The number of aliphatic hydroxyl groups is 1. The summed E-state index contributed by atoms with van der Waals surface area (Å²) in [5.41, 5.74) is 6.14. The average molecular weight is 352 g/mol. The molecule has 0 saturated carbocycles. The first-order valence-corrected chi connectivity index (χ1v) is 9.58. The lowest BCUT2D eigenvalue weighted by molar-refractivity contribution is -0.115. The van der Waals surface area contributed by atoms with Crippen molar-refractivity contribution in [2.24, 2.45) is 4.99 Å². The second-order valence-corrected chi connectivity index (χ2v) is 7.20. The van der Waals surface area contributed by atoms with Crippen molar-refractivity contribution in [3.8, 4) is 0 Å². The number of aromatic amines is 1. The maximum atomic E-state index is 12.3. The van der Waals surface area contributed by atoms with Gasteiger partial charge < -0.3 is 10.1 Å². The fourth-order valence-electron chi connectivity index (χ4n) is 3.80. The highest BCUT2D eigenvalue weighted by Gasteiger charge is 2.24. The monoisotopic (exact) mass is 352 g/mol. The van der Waals surface area contributed by atoms with E-state index in [-0.39, 0.29) is 11.5 Å². The third-order valence-electron chi connectivity index (χ3n) is 5.10. The van der Waals surface area contributed by atoms with Gasteiger partial charge in [-0.05, 0) is 50.8 Å². The molecule has 0 bridgehead atoms. The number of Topliss-reactive ketones (excluding diaryl/α,β-unsaturated/α-hetero) is 1. The van der Waals surface area contributed by atoms with E-state index in [1.54, 1.807) is 0 Å². The molecule has 0 radical (unpaired) electrons. The van der Waals surface area contributed by atoms with Gasteiger partial charge in [0.05, 0.1) is 5.57 Å². The Morgan fingerprint density at radius 2 is 2.08 bits per heavy atom. The molecule has 0 unspecified atom stereocenters. The standard InChI is InChI=1S/C22H28N2O2/c1-4-6-19(22-20(25)7-5-8-21(22)26)23-12-11-16-15(3)24-18-10-9-14(2)13-17(16)18/h9-10,13,24-25H,4-8,11-12H2,1-3H3. The van der Waals surface area contributed by atoms with Crippen LogP contribution in [0.15, 0.2) is 34.5 Å². The highest BCUT2D eigenvalue weighted by atomic mass is 16.3. The van der Waals surface area contributed by atoms with Crippen LogP contribution in [0.3, 0.4) is 0 Å². The van der Waals surface area contributed by atoms with Crippen LogP contribution in [-0.2, 0) is 11.2 Å². The van der Waals surface area contributed by atoms with Crippen LogP contribution in [0.2, 0.25) is 0 Å². The number of carbonyl (C=O) groups excluding carboxylic acids is 1. The average Bonchev–Trinajstić information content (AvgIpc) is 2.90. The van der Waals surface area contributed by atoms with Crippen molar-refractivity contribution in [1.82, 2.24) is 4.98 Å². The van der Waals surface area contributed by atoms with E-state index in [2.05, 4.69) is 44.0 Å². The molecule has 1 aliphatic carbocycles. The van der Waals surface area contributed by atoms with Gasteiger partial charge >= 0.3 is 0 Å². The number of fused-ring (bicyclic) bond motifs is 1. The maximum Gasteiger partial charge on any atom is 0.168 e. The number of ketones is 1. The number of nitrogens with one attached hydrogen (secondary N) is 1.